The van der Waals surface area contributed by atoms with E-state index in [2.05, 4.69) is 16.7 Å². The number of hydrogen-bond donors (Lipinski definition) is 2. The molecule has 2 rings (SSSR count). The molecule has 1 aliphatic rings. The number of nitrogens with zero attached hydrogens (tertiary/aromatic N) is 1. The van der Waals surface area contributed by atoms with E-state index in [9.17, 15) is 4.79 Å². The third kappa shape index (κ3) is 4.67. The summed E-state index contributed by atoms with van der Waals surface area (Å²) in [4.78, 5) is 11.9. The van der Waals surface area contributed by atoms with Gasteiger partial charge in [-0.25, -0.2) is 0 Å². The van der Waals surface area contributed by atoms with Crippen molar-refractivity contribution < 1.29 is 4.79 Å². The van der Waals surface area contributed by atoms with Crippen LogP contribution < -0.4 is 10.6 Å². The van der Waals surface area contributed by atoms with Gasteiger partial charge in [0.1, 0.15) is 0 Å². The molecule has 0 bridgehead atoms. The zero-order valence-corrected chi connectivity index (χ0v) is 11.7. The van der Waals surface area contributed by atoms with E-state index in [1.165, 1.54) is 38.5 Å². The molecular formula is C16H21N3O. The van der Waals surface area contributed by atoms with Gasteiger partial charge in [-0.3, -0.25) is 4.79 Å². The second-order valence-corrected chi connectivity index (χ2v) is 5.31. The molecule has 0 unspecified atom stereocenters. The summed E-state index contributed by atoms with van der Waals surface area (Å²) in [7, 11) is 0. The minimum absolute atomic E-state index is 0.0287. The van der Waals surface area contributed by atoms with E-state index in [0.717, 1.165) is 5.69 Å². The molecule has 0 radical (unpaired) electrons. The maximum atomic E-state index is 11.9. The van der Waals surface area contributed by atoms with Crippen LogP contribution in [0, 0.1) is 11.3 Å². The van der Waals surface area contributed by atoms with Crippen molar-refractivity contribution in [3.8, 4) is 6.07 Å². The van der Waals surface area contributed by atoms with Crippen LogP contribution in [-0.2, 0) is 4.79 Å². The summed E-state index contributed by atoms with van der Waals surface area (Å²) >= 11 is 0. The van der Waals surface area contributed by atoms with Crippen LogP contribution in [0.4, 0.5) is 5.69 Å². The number of carbonyl (C=O) groups excluding carboxylic acids is 1. The van der Waals surface area contributed by atoms with E-state index in [4.69, 9.17) is 5.26 Å². The molecule has 1 amide bonds. The first kappa shape index (κ1) is 14.5. The Morgan fingerprint density at radius 1 is 1.15 bits per heavy atom. The van der Waals surface area contributed by atoms with E-state index in [1.807, 2.05) is 0 Å². The second-order valence-electron chi connectivity index (χ2n) is 5.31. The standard InChI is InChI=1S/C16H21N3O/c17-11-13-7-9-15(10-8-13)19-16(20)12-18-14-5-3-1-2-4-6-14/h7-10,14,18H,1-6,12H2,(H,19,20). The lowest BCUT2D eigenvalue weighted by Gasteiger charge is -2.15. The van der Waals surface area contributed by atoms with Gasteiger partial charge >= 0.3 is 0 Å². The average molecular weight is 271 g/mol. The van der Waals surface area contributed by atoms with Crippen LogP contribution in [0.2, 0.25) is 0 Å². The first-order chi connectivity index (χ1) is 9.78. The van der Waals surface area contributed by atoms with Gasteiger partial charge in [0.2, 0.25) is 5.91 Å². The molecule has 0 atom stereocenters. The average Bonchev–Trinajstić information content (AvgIpc) is 2.74. The van der Waals surface area contributed by atoms with Gasteiger partial charge in [-0.1, -0.05) is 25.7 Å². The van der Waals surface area contributed by atoms with Crippen molar-refractivity contribution in [1.29, 1.82) is 5.26 Å². The van der Waals surface area contributed by atoms with Crippen LogP contribution in [0.3, 0.4) is 0 Å². The molecule has 1 fully saturated rings. The topological polar surface area (TPSA) is 64.9 Å². The molecule has 0 aliphatic heterocycles. The summed E-state index contributed by atoms with van der Waals surface area (Å²) in [6.45, 7) is 0.352. The zero-order chi connectivity index (χ0) is 14.2. The Balaban J connectivity index is 1.75. The number of nitriles is 1. The van der Waals surface area contributed by atoms with Crippen molar-refractivity contribution >= 4 is 11.6 Å². The van der Waals surface area contributed by atoms with Crippen molar-refractivity contribution in [1.82, 2.24) is 5.32 Å². The minimum Gasteiger partial charge on any atom is -0.325 e. The Hall–Kier alpha value is -1.86. The van der Waals surface area contributed by atoms with Crippen LogP contribution in [0.25, 0.3) is 0 Å². The number of carbonyl (C=O) groups is 1. The Kier molecular flexibility index (Phi) is 5.57. The highest BCUT2D eigenvalue weighted by Crippen LogP contribution is 2.17. The maximum Gasteiger partial charge on any atom is 0.238 e. The number of nitrogens with one attached hydrogen (secondary N) is 2. The van der Waals surface area contributed by atoms with E-state index in [-0.39, 0.29) is 5.91 Å². The quantitative estimate of drug-likeness (QED) is 0.828. The predicted molar refractivity (Wildman–Crippen MR) is 79.3 cm³/mol. The van der Waals surface area contributed by atoms with Crippen LogP contribution in [0.1, 0.15) is 44.1 Å². The van der Waals surface area contributed by atoms with Crippen LogP contribution >= 0.6 is 0 Å². The Bertz CT molecular complexity index is 467. The molecular weight excluding hydrogens is 250 g/mol. The molecule has 0 spiro atoms. The Labute approximate surface area is 120 Å². The van der Waals surface area contributed by atoms with Crippen LogP contribution in [0.15, 0.2) is 24.3 Å². The summed E-state index contributed by atoms with van der Waals surface area (Å²) in [6, 6.07) is 9.44. The summed E-state index contributed by atoms with van der Waals surface area (Å²) in [6.07, 6.45) is 7.49. The third-order valence-electron chi connectivity index (χ3n) is 3.70. The largest absolute Gasteiger partial charge is 0.325 e. The maximum absolute atomic E-state index is 11.9. The SMILES string of the molecule is N#Cc1ccc(NC(=O)CNC2CCCCCC2)cc1. The number of hydrogen-bond acceptors (Lipinski definition) is 3. The first-order valence-electron chi connectivity index (χ1n) is 7.31. The van der Waals surface area contributed by atoms with Crippen LogP contribution in [0.5, 0.6) is 0 Å². The molecule has 4 heteroatoms. The van der Waals surface area contributed by atoms with Crippen molar-refractivity contribution in [3.05, 3.63) is 29.8 Å². The lowest BCUT2D eigenvalue weighted by molar-refractivity contribution is -0.115. The lowest BCUT2D eigenvalue weighted by atomic mass is 10.1. The van der Waals surface area contributed by atoms with E-state index < -0.39 is 0 Å². The van der Waals surface area contributed by atoms with Gasteiger partial charge in [0, 0.05) is 11.7 Å². The van der Waals surface area contributed by atoms with Gasteiger partial charge in [-0.2, -0.15) is 5.26 Å². The Morgan fingerprint density at radius 2 is 1.80 bits per heavy atom. The van der Waals surface area contributed by atoms with Gasteiger partial charge < -0.3 is 10.6 Å². The van der Waals surface area contributed by atoms with Gasteiger partial charge in [0.05, 0.1) is 18.2 Å². The summed E-state index contributed by atoms with van der Waals surface area (Å²) in [5, 5.41) is 14.9. The highest BCUT2D eigenvalue weighted by Gasteiger charge is 2.12. The van der Waals surface area contributed by atoms with Crippen molar-refractivity contribution in [2.45, 2.75) is 44.6 Å². The molecule has 20 heavy (non-hydrogen) atoms. The molecule has 1 saturated carbocycles. The van der Waals surface area contributed by atoms with E-state index >= 15 is 0 Å². The fraction of sp³-hybridized carbons (Fsp3) is 0.500. The monoisotopic (exact) mass is 271 g/mol. The third-order valence-corrected chi connectivity index (χ3v) is 3.70. The fourth-order valence-corrected chi connectivity index (χ4v) is 2.55. The minimum atomic E-state index is -0.0287. The van der Waals surface area contributed by atoms with Gasteiger partial charge in [-0.15, -0.1) is 0 Å². The highest BCUT2D eigenvalue weighted by atomic mass is 16.1. The summed E-state index contributed by atoms with van der Waals surface area (Å²) < 4.78 is 0. The summed E-state index contributed by atoms with van der Waals surface area (Å²) in [5.41, 5.74) is 1.33. The van der Waals surface area contributed by atoms with Crippen molar-refractivity contribution in [2.24, 2.45) is 0 Å². The van der Waals surface area contributed by atoms with Gasteiger partial charge in [-0.05, 0) is 37.1 Å². The smallest absolute Gasteiger partial charge is 0.238 e. The number of anilines is 1. The second kappa shape index (κ2) is 7.66. The van der Waals surface area contributed by atoms with E-state index in [0.29, 0.717) is 18.2 Å². The molecule has 1 aromatic rings. The zero-order valence-electron chi connectivity index (χ0n) is 11.7. The van der Waals surface area contributed by atoms with Gasteiger partial charge in [0.15, 0.2) is 0 Å². The molecule has 1 aliphatic carbocycles. The summed E-state index contributed by atoms with van der Waals surface area (Å²) in [5.74, 6) is -0.0287. The molecule has 1 aromatic carbocycles. The van der Waals surface area contributed by atoms with Crippen molar-refractivity contribution in [3.63, 3.8) is 0 Å². The number of rotatable bonds is 4. The number of amides is 1. The normalized spacial score (nSPS) is 16.1. The van der Waals surface area contributed by atoms with Gasteiger partial charge in [0.25, 0.3) is 0 Å². The lowest BCUT2D eigenvalue weighted by Crippen LogP contribution is -2.35. The number of benzene rings is 1. The highest BCUT2D eigenvalue weighted by molar-refractivity contribution is 5.92. The first-order valence-corrected chi connectivity index (χ1v) is 7.31. The van der Waals surface area contributed by atoms with E-state index in [1.54, 1.807) is 24.3 Å². The molecule has 4 nitrogen and oxygen atoms in total. The van der Waals surface area contributed by atoms with Crippen LogP contribution in [-0.4, -0.2) is 18.5 Å². The molecule has 0 aromatic heterocycles. The molecule has 0 saturated heterocycles. The Morgan fingerprint density at radius 3 is 2.40 bits per heavy atom. The fourth-order valence-electron chi connectivity index (χ4n) is 2.55. The predicted octanol–water partition coefficient (Wildman–Crippen LogP) is 2.81. The molecule has 0 heterocycles. The molecule has 2 N–H and O–H groups in total. The molecule has 106 valence electrons. The van der Waals surface area contributed by atoms with Crippen molar-refractivity contribution in [2.75, 3.05) is 11.9 Å².